The van der Waals surface area contributed by atoms with E-state index in [9.17, 15) is 4.79 Å². The van der Waals surface area contributed by atoms with E-state index in [0.717, 1.165) is 0 Å². The van der Waals surface area contributed by atoms with Crippen molar-refractivity contribution in [2.75, 3.05) is 6.54 Å². The summed E-state index contributed by atoms with van der Waals surface area (Å²) in [5.74, 6) is -0.271. The van der Waals surface area contributed by atoms with Gasteiger partial charge in [0, 0.05) is 18.2 Å². The average molecular weight is 183 g/mol. The van der Waals surface area contributed by atoms with Crippen molar-refractivity contribution < 1.29 is 9.32 Å². The van der Waals surface area contributed by atoms with Crippen LogP contribution in [0.3, 0.4) is 0 Å². The molecule has 0 saturated carbocycles. The molecule has 5 nitrogen and oxygen atoms in total. The number of nitrogens with zero attached hydrogens (tertiary/aromatic N) is 1. The maximum Gasteiger partial charge on any atom is 0.273 e. The first-order valence-electron chi connectivity index (χ1n) is 3.96. The molecule has 0 aromatic carbocycles. The van der Waals surface area contributed by atoms with Crippen LogP contribution in [-0.4, -0.2) is 23.1 Å². The second-order valence-electron chi connectivity index (χ2n) is 3.56. The number of aromatic nitrogens is 1. The van der Waals surface area contributed by atoms with Crippen LogP contribution in [-0.2, 0) is 0 Å². The zero-order valence-corrected chi connectivity index (χ0v) is 7.70. The molecule has 0 aliphatic rings. The van der Waals surface area contributed by atoms with Crippen molar-refractivity contribution >= 4 is 5.91 Å². The molecule has 3 N–H and O–H groups in total. The zero-order chi connectivity index (χ0) is 9.90. The highest BCUT2D eigenvalue weighted by molar-refractivity contribution is 5.91. The predicted octanol–water partition coefficient (Wildman–Crippen LogP) is 0.142. The number of amides is 1. The second-order valence-corrected chi connectivity index (χ2v) is 3.56. The third kappa shape index (κ3) is 3.25. The first kappa shape index (κ1) is 9.73. The van der Waals surface area contributed by atoms with Gasteiger partial charge in [-0.3, -0.25) is 4.79 Å². The molecule has 1 heterocycles. The van der Waals surface area contributed by atoms with Crippen molar-refractivity contribution in [1.82, 2.24) is 10.5 Å². The maximum absolute atomic E-state index is 11.3. The van der Waals surface area contributed by atoms with Gasteiger partial charge < -0.3 is 15.6 Å². The minimum atomic E-state index is -0.417. The molecular weight excluding hydrogens is 170 g/mol. The van der Waals surface area contributed by atoms with Crippen molar-refractivity contribution in [2.45, 2.75) is 19.4 Å². The summed E-state index contributed by atoms with van der Waals surface area (Å²) in [5.41, 5.74) is 5.53. The Morgan fingerprint density at radius 3 is 2.92 bits per heavy atom. The van der Waals surface area contributed by atoms with Gasteiger partial charge in [0.15, 0.2) is 5.69 Å². The summed E-state index contributed by atoms with van der Waals surface area (Å²) in [5, 5.41) is 6.13. The number of hydrogen-bond acceptors (Lipinski definition) is 4. The Bertz CT molecular complexity index is 274. The summed E-state index contributed by atoms with van der Waals surface area (Å²) < 4.78 is 4.53. The normalized spacial score (nSPS) is 11.3. The summed E-state index contributed by atoms with van der Waals surface area (Å²) in [6, 6.07) is 1.50. The van der Waals surface area contributed by atoms with Crippen LogP contribution in [0.15, 0.2) is 16.9 Å². The van der Waals surface area contributed by atoms with Gasteiger partial charge in [0.1, 0.15) is 6.26 Å². The Hall–Kier alpha value is -1.36. The van der Waals surface area contributed by atoms with Crippen LogP contribution < -0.4 is 11.1 Å². The lowest BCUT2D eigenvalue weighted by atomic mass is 10.1. The number of nitrogens with one attached hydrogen (secondary N) is 1. The van der Waals surface area contributed by atoms with Crippen LogP contribution in [0.2, 0.25) is 0 Å². The van der Waals surface area contributed by atoms with Crippen LogP contribution in [0.5, 0.6) is 0 Å². The van der Waals surface area contributed by atoms with E-state index in [4.69, 9.17) is 5.73 Å². The molecule has 0 spiro atoms. The molecule has 0 atom stereocenters. The van der Waals surface area contributed by atoms with Crippen LogP contribution in [0.25, 0.3) is 0 Å². The summed E-state index contributed by atoms with van der Waals surface area (Å²) in [6.07, 6.45) is 1.35. The van der Waals surface area contributed by atoms with Crippen molar-refractivity contribution in [2.24, 2.45) is 5.73 Å². The lowest BCUT2D eigenvalue weighted by Crippen LogP contribution is -2.45. The van der Waals surface area contributed by atoms with E-state index in [1.165, 1.54) is 12.3 Å². The van der Waals surface area contributed by atoms with Crippen molar-refractivity contribution in [3.05, 3.63) is 18.0 Å². The minimum Gasteiger partial charge on any atom is -0.364 e. The minimum absolute atomic E-state index is 0.268. The van der Waals surface area contributed by atoms with Gasteiger partial charge in [-0.25, -0.2) is 0 Å². The summed E-state index contributed by atoms with van der Waals surface area (Å²) in [6.45, 7) is 4.06. The molecule has 0 radical (unpaired) electrons. The first-order valence-corrected chi connectivity index (χ1v) is 3.96. The standard InChI is InChI=1S/C8H13N3O2/c1-8(2,9)5-10-7(12)6-3-4-13-11-6/h3-4H,5,9H2,1-2H3,(H,10,12). The molecule has 1 rings (SSSR count). The van der Waals surface area contributed by atoms with Gasteiger partial charge in [-0.2, -0.15) is 0 Å². The Balaban J connectivity index is 2.44. The fourth-order valence-electron chi connectivity index (χ4n) is 0.728. The highest BCUT2D eigenvalue weighted by Crippen LogP contribution is 1.96. The predicted molar refractivity (Wildman–Crippen MR) is 47.1 cm³/mol. The van der Waals surface area contributed by atoms with Gasteiger partial charge in [0.2, 0.25) is 0 Å². The van der Waals surface area contributed by atoms with Gasteiger partial charge in [-0.05, 0) is 13.8 Å². The van der Waals surface area contributed by atoms with E-state index in [1.807, 2.05) is 13.8 Å². The lowest BCUT2D eigenvalue weighted by Gasteiger charge is -2.18. The van der Waals surface area contributed by atoms with E-state index in [1.54, 1.807) is 0 Å². The monoisotopic (exact) mass is 183 g/mol. The van der Waals surface area contributed by atoms with E-state index in [2.05, 4.69) is 15.0 Å². The molecule has 1 amide bonds. The molecule has 5 heteroatoms. The molecule has 0 aliphatic heterocycles. The Kier molecular flexibility index (Phi) is 2.67. The molecule has 0 bridgehead atoms. The number of rotatable bonds is 3. The number of nitrogens with two attached hydrogens (primary N) is 1. The smallest absolute Gasteiger partial charge is 0.273 e. The van der Waals surface area contributed by atoms with E-state index >= 15 is 0 Å². The Morgan fingerprint density at radius 2 is 2.46 bits per heavy atom. The molecule has 1 aromatic rings. The van der Waals surface area contributed by atoms with Gasteiger partial charge >= 0.3 is 0 Å². The van der Waals surface area contributed by atoms with Crippen molar-refractivity contribution in [3.63, 3.8) is 0 Å². The zero-order valence-electron chi connectivity index (χ0n) is 7.70. The van der Waals surface area contributed by atoms with Crippen LogP contribution in [0.4, 0.5) is 0 Å². The molecule has 0 aliphatic carbocycles. The van der Waals surface area contributed by atoms with E-state index in [-0.39, 0.29) is 11.6 Å². The van der Waals surface area contributed by atoms with Crippen LogP contribution in [0.1, 0.15) is 24.3 Å². The third-order valence-electron chi connectivity index (χ3n) is 1.38. The number of hydrogen-bond donors (Lipinski definition) is 2. The summed E-state index contributed by atoms with van der Waals surface area (Å²) in [7, 11) is 0. The SMILES string of the molecule is CC(C)(N)CNC(=O)c1ccon1. The van der Waals surface area contributed by atoms with E-state index < -0.39 is 5.54 Å². The highest BCUT2D eigenvalue weighted by Gasteiger charge is 2.14. The first-order chi connectivity index (χ1) is 5.99. The summed E-state index contributed by atoms with van der Waals surface area (Å²) in [4.78, 5) is 11.3. The average Bonchev–Trinajstić information content (AvgIpc) is 2.50. The largest absolute Gasteiger partial charge is 0.364 e. The maximum atomic E-state index is 11.3. The van der Waals surface area contributed by atoms with Crippen molar-refractivity contribution in [3.8, 4) is 0 Å². The molecule has 0 saturated heterocycles. The molecule has 72 valence electrons. The lowest BCUT2D eigenvalue weighted by molar-refractivity contribution is 0.0937. The molecule has 0 unspecified atom stereocenters. The van der Waals surface area contributed by atoms with Crippen LogP contribution in [0, 0.1) is 0 Å². The molecular formula is C8H13N3O2. The Morgan fingerprint density at radius 1 is 1.77 bits per heavy atom. The van der Waals surface area contributed by atoms with E-state index in [0.29, 0.717) is 6.54 Å². The van der Waals surface area contributed by atoms with Gasteiger partial charge in [-0.1, -0.05) is 5.16 Å². The topological polar surface area (TPSA) is 81.1 Å². The molecule has 1 aromatic heterocycles. The quantitative estimate of drug-likeness (QED) is 0.698. The molecule has 0 fully saturated rings. The molecule has 13 heavy (non-hydrogen) atoms. The summed E-state index contributed by atoms with van der Waals surface area (Å²) >= 11 is 0. The van der Waals surface area contributed by atoms with Gasteiger partial charge in [0.05, 0.1) is 0 Å². The number of carbonyl (C=O) groups is 1. The van der Waals surface area contributed by atoms with Crippen molar-refractivity contribution in [1.29, 1.82) is 0 Å². The second kappa shape index (κ2) is 3.57. The van der Waals surface area contributed by atoms with Crippen LogP contribution >= 0.6 is 0 Å². The third-order valence-corrected chi connectivity index (χ3v) is 1.38. The van der Waals surface area contributed by atoms with Gasteiger partial charge in [-0.15, -0.1) is 0 Å². The Labute approximate surface area is 76.3 Å². The van der Waals surface area contributed by atoms with Gasteiger partial charge in [0.25, 0.3) is 5.91 Å². The highest BCUT2D eigenvalue weighted by atomic mass is 16.5. The fourth-order valence-corrected chi connectivity index (χ4v) is 0.728. The number of carbonyl (C=O) groups excluding carboxylic acids is 1. The fraction of sp³-hybridized carbons (Fsp3) is 0.500.